The molecule has 2 fully saturated rings. The molecule has 0 amide bonds. The predicted molar refractivity (Wildman–Crippen MR) is 203 cm³/mol. The predicted octanol–water partition coefficient (Wildman–Crippen LogP) is 9.55. The lowest BCUT2D eigenvalue weighted by Gasteiger charge is -2.32. The fraction of sp³-hybridized carbons (Fsp3) is 0.366. The van der Waals surface area contributed by atoms with E-state index in [0.29, 0.717) is 23.3 Å². The number of methoxy groups -OCH3 is 1. The van der Waals surface area contributed by atoms with Crippen molar-refractivity contribution in [1.29, 1.82) is 0 Å². The quantitative estimate of drug-likeness (QED) is 0.122. The molecule has 0 saturated carbocycles. The van der Waals surface area contributed by atoms with Crippen molar-refractivity contribution in [3.63, 3.8) is 0 Å². The lowest BCUT2D eigenvalue weighted by molar-refractivity contribution is -0.122. The van der Waals surface area contributed by atoms with Gasteiger partial charge in [0.05, 0.1) is 12.1 Å². The summed E-state index contributed by atoms with van der Waals surface area (Å²) in [7, 11) is 1.70. The number of ether oxygens (including phenoxy) is 2. The van der Waals surface area contributed by atoms with Crippen molar-refractivity contribution < 1.29 is 23.8 Å². The number of rotatable bonds is 11. The highest BCUT2D eigenvalue weighted by molar-refractivity contribution is 6.32. The molecule has 0 spiro atoms. The van der Waals surface area contributed by atoms with Crippen molar-refractivity contribution in [3.05, 3.63) is 113 Å². The first kappa shape index (κ1) is 36.7. The van der Waals surface area contributed by atoms with E-state index in [2.05, 4.69) is 78.8 Å². The number of hydrogen-bond donors (Lipinski definition) is 1. The van der Waals surface area contributed by atoms with Crippen LogP contribution in [-0.4, -0.2) is 61.4 Å². The number of halogens is 1. The van der Waals surface area contributed by atoms with Crippen LogP contribution in [0.5, 0.6) is 11.5 Å². The van der Waals surface area contributed by atoms with Crippen molar-refractivity contribution in [2.75, 3.05) is 44.8 Å². The number of benzene rings is 3. The number of aromatic nitrogens is 1. The van der Waals surface area contributed by atoms with E-state index in [1.165, 1.54) is 24.9 Å². The molecule has 2 saturated heterocycles. The van der Waals surface area contributed by atoms with Crippen LogP contribution < -0.4 is 14.4 Å². The van der Waals surface area contributed by atoms with Crippen LogP contribution in [0.4, 0.5) is 5.69 Å². The van der Waals surface area contributed by atoms with Crippen LogP contribution in [0.1, 0.15) is 68.9 Å². The third kappa shape index (κ3) is 8.97. The van der Waals surface area contributed by atoms with Crippen molar-refractivity contribution in [2.45, 2.75) is 58.4 Å². The van der Waals surface area contributed by atoms with E-state index in [-0.39, 0.29) is 6.47 Å². The van der Waals surface area contributed by atoms with Gasteiger partial charge in [0.2, 0.25) is 0 Å². The van der Waals surface area contributed by atoms with Crippen LogP contribution in [0.15, 0.2) is 95.0 Å². The van der Waals surface area contributed by atoms with Crippen molar-refractivity contribution in [1.82, 2.24) is 9.88 Å². The Morgan fingerprint density at radius 3 is 2.42 bits per heavy atom. The highest BCUT2D eigenvalue weighted by Gasteiger charge is 2.25. The summed E-state index contributed by atoms with van der Waals surface area (Å²) < 4.78 is 18.3. The van der Waals surface area contributed by atoms with Crippen LogP contribution in [-0.2, 0) is 11.3 Å². The highest BCUT2D eigenvalue weighted by atomic mass is 35.5. The number of likely N-dealkylation sites (tertiary alicyclic amines) is 1. The summed E-state index contributed by atoms with van der Waals surface area (Å²) in [6.07, 6.45) is 9.83. The number of carboxylic acid groups (broad SMARTS) is 1. The standard InChI is InChI=1S/C40H46ClN3O3.CH2O2/c1-5-29(27-46-39-25-38(45-4)32(23-35(39)41)26-43-19-11-8-12-20-43)28(3)34(6-2)31-15-16-37-36(24-31)42-40(47-37)30-17-21-44(22-18-30)33-13-9-7-10-14-33;2-1-3/h5-7,9-10,13-16,23-25,30H,1,8,11-12,17-22,26-27H2,2-4H3;1H,(H,2,3)/b29-28+,34-6+;. The summed E-state index contributed by atoms with van der Waals surface area (Å²) >= 11 is 6.75. The normalized spacial score (nSPS) is 16.3. The molecule has 1 aromatic heterocycles. The van der Waals surface area contributed by atoms with Crippen molar-refractivity contribution >= 4 is 40.4 Å². The molecule has 0 aliphatic carbocycles. The van der Waals surface area contributed by atoms with Gasteiger partial charge in [-0.2, -0.15) is 0 Å². The SMILES string of the molecule is C=C/C(COc1cc(OC)c(CN2CCCCC2)cc1Cl)=C(C)\C(=C/C)c1ccc2oc(C3CCN(c4ccccc4)CC3)nc2c1.O=CO. The smallest absolute Gasteiger partial charge is 0.290 e. The van der Waals surface area contributed by atoms with E-state index in [1.807, 2.05) is 24.3 Å². The second-order valence-corrected chi connectivity index (χ2v) is 13.1. The topological polar surface area (TPSA) is 88.3 Å². The second-order valence-electron chi connectivity index (χ2n) is 12.7. The van der Waals surface area contributed by atoms with Gasteiger partial charge in [-0.1, -0.05) is 61.0 Å². The molecule has 1 N–H and O–H groups in total. The molecule has 50 heavy (non-hydrogen) atoms. The summed E-state index contributed by atoms with van der Waals surface area (Å²) in [4.78, 5) is 18.2. The third-order valence-corrected chi connectivity index (χ3v) is 9.96. The highest BCUT2D eigenvalue weighted by Crippen LogP contribution is 2.36. The van der Waals surface area contributed by atoms with Gasteiger partial charge in [-0.05, 0) is 105 Å². The van der Waals surface area contributed by atoms with Crippen LogP contribution in [0, 0.1) is 0 Å². The Morgan fingerprint density at radius 1 is 1.04 bits per heavy atom. The van der Waals surface area contributed by atoms with Crippen LogP contribution in [0.2, 0.25) is 5.02 Å². The van der Waals surface area contributed by atoms with Gasteiger partial charge in [-0.25, -0.2) is 4.98 Å². The second kappa shape index (κ2) is 17.9. The van der Waals surface area contributed by atoms with Crippen LogP contribution in [0.25, 0.3) is 16.7 Å². The molecule has 264 valence electrons. The minimum absolute atomic E-state index is 0.250. The minimum atomic E-state index is -0.250. The number of oxazole rings is 1. The molecule has 0 radical (unpaired) electrons. The molecule has 3 heterocycles. The lowest BCUT2D eigenvalue weighted by atomic mass is 9.94. The first-order chi connectivity index (χ1) is 24.4. The van der Waals surface area contributed by atoms with E-state index in [1.54, 1.807) is 7.11 Å². The molecule has 0 bridgehead atoms. The average Bonchev–Trinajstić information content (AvgIpc) is 3.58. The van der Waals surface area contributed by atoms with E-state index < -0.39 is 0 Å². The molecule has 3 aromatic carbocycles. The number of fused-ring (bicyclic) bond motifs is 1. The Bertz CT molecular complexity index is 1800. The van der Waals surface area contributed by atoms with Gasteiger partial charge in [-0.3, -0.25) is 9.69 Å². The minimum Gasteiger partial charge on any atom is -0.496 e. The molecular formula is C41H48ClN3O5. The molecule has 8 nitrogen and oxygen atoms in total. The van der Waals surface area contributed by atoms with E-state index >= 15 is 0 Å². The molecule has 0 unspecified atom stereocenters. The van der Waals surface area contributed by atoms with Crippen molar-refractivity contribution in [3.8, 4) is 11.5 Å². The number of carbonyl (C=O) groups is 1. The average molecular weight is 698 g/mol. The Balaban J connectivity index is 0.00000156. The summed E-state index contributed by atoms with van der Waals surface area (Å²) in [5, 5.41) is 7.48. The zero-order valence-corrected chi connectivity index (χ0v) is 30.1. The van der Waals surface area contributed by atoms with Gasteiger partial charge >= 0.3 is 0 Å². The van der Waals surface area contributed by atoms with E-state index in [4.69, 9.17) is 40.4 Å². The largest absolute Gasteiger partial charge is 0.496 e. The summed E-state index contributed by atoms with van der Waals surface area (Å²) in [5.41, 5.74) is 8.33. The zero-order chi connectivity index (χ0) is 35.5. The first-order valence-corrected chi connectivity index (χ1v) is 17.8. The van der Waals surface area contributed by atoms with Gasteiger partial charge < -0.3 is 23.9 Å². The monoisotopic (exact) mass is 697 g/mol. The first-order valence-electron chi connectivity index (χ1n) is 17.4. The van der Waals surface area contributed by atoms with Crippen LogP contribution in [0.3, 0.4) is 0 Å². The number of anilines is 1. The number of piperidine rings is 2. The maximum atomic E-state index is 8.36. The van der Waals surface area contributed by atoms with Gasteiger partial charge in [0.15, 0.2) is 11.5 Å². The van der Waals surface area contributed by atoms with E-state index in [9.17, 15) is 0 Å². The number of allylic oxidation sites excluding steroid dienone is 3. The Morgan fingerprint density at radius 2 is 1.76 bits per heavy atom. The molecule has 4 aromatic rings. The Labute approximate surface area is 300 Å². The van der Waals surface area contributed by atoms with E-state index in [0.717, 1.165) is 96.2 Å². The maximum absolute atomic E-state index is 8.36. The van der Waals surface area contributed by atoms with Gasteiger partial charge in [0.1, 0.15) is 23.6 Å². The number of nitrogens with zero attached hydrogens (tertiary/aromatic N) is 3. The molecule has 9 heteroatoms. The molecule has 0 atom stereocenters. The molecular weight excluding hydrogens is 650 g/mol. The number of hydrogen-bond acceptors (Lipinski definition) is 7. The Kier molecular flexibility index (Phi) is 13.2. The molecule has 2 aliphatic heterocycles. The fourth-order valence-electron chi connectivity index (χ4n) is 6.92. The lowest BCUT2D eigenvalue weighted by Crippen LogP contribution is -2.32. The molecule has 6 rings (SSSR count). The maximum Gasteiger partial charge on any atom is 0.290 e. The van der Waals surface area contributed by atoms with Crippen molar-refractivity contribution in [2.24, 2.45) is 0 Å². The summed E-state index contributed by atoms with van der Waals surface area (Å²) in [5.74, 6) is 2.56. The summed E-state index contributed by atoms with van der Waals surface area (Å²) in [6.45, 7) is 13.4. The van der Waals surface area contributed by atoms with Gasteiger partial charge in [0.25, 0.3) is 6.47 Å². The van der Waals surface area contributed by atoms with Gasteiger partial charge in [0, 0.05) is 42.9 Å². The zero-order valence-electron chi connectivity index (χ0n) is 29.4. The van der Waals surface area contributed by atoms with Crippen LogP contribution >= 0.6 is 11.6 Å². The summed E-state index contributed by atoms with van der Waals surface area (Å²) in [6, 6.07) is 20.8. The Hall–Kier alpha value is -4.53. The fourth-order valence-corrected chi connectivity index (χ4v) is 7.16. The third-order valence-electron chi connectivity index (χ3n) is 9.66. The molecule has 2 aliphatic rings. The van der Waals surface area contributed by atoms with Gasteiger partial charge in [-0.15, -0.1) is 0 Å². The number of para-hydroxylation sites is 1.